The maximum Gasteiger partial charge on any atom is 0.408 e. The van der Waals surface area contributed by atoms with Crippen LogP contribution in [0, 0.1) is 0 Å². The minimum atomic E-state index is -1.04. The Kier molecular flexibility index (Phi) is 6.24. The van der Waals surface area contributed by atoms with E-state index in [-0.39, 0.29) is 30.8 Å². The average molecular weight is 431 g/mol. The molecule has 2 aliphatic heterocycles. The number of β-lactam (4-membered cyclic amide) rings is 1. The maximum atomic E-state index is 13.3. The average Bonchev–Trinajstić information content (AvgIpc) is 3.18. The van der Waals surface area contributed by atoms with Crippen LogP contribution >= 0.6 is 0 Å². The molecule has 2 fully saturated rings. The number of rotatable bonds is 5. The van der Waals surface area contributed by atoms with Gasteiger partial charge in [-0.2, -0.15) is 0 Å². The molecular weight excluding hydrogens is 400 g/mol. The number of likely N-dealkylation sites (tertiary alicyclic amines) is 2. The molecule has 168 valence electrons. The molecule has 0 saturated carbocycles. The topological polar surface area (TPSA) is 108 Å². The largest absolute Gasteiger partial charge is 0.444 e. The van der Waals surface area contributed by atoms with Gasteiger partial charge in [-0.1, -0.05) is 30.3 Å². The first-order valence-corrected chi connectivity index (χ1v) is 10.4. The number of hydrogen-bond donors (Lipinski definition) is 2. The number of carbonyl (C=O) groups is 4. The molecule has 0 unspecified atom stereocenters. The summed E-state index contributed by atoms with van der Waals surface area (Å²) in [4.78, 5) is 53.4. The lowest BCUT2D eigenvalue weighted by molar-refractivity contribution is -0.180. The van der Waals surface area contributed by atoms with Gasteiger partial charge in [0.1, 0.15) is 24.2 Å². The zero-order valence-electron chi connectivity index (χ0n) is 18.4. The Hall–Kier alpha value is -3.10. The first-order valence-electron chi connectivity index (χ1n) is 10.4. The summed E-state index contributed by atoms with van der Waals surface area (Å²) in [6.45, 7) is 5.29. The predicted molar refractivity (Wildman–Crippen MR) is 113 cm³/mol. The molecule has 3 rings (SSSR count). The van der Waals surface area contributed by atoms with E-state index in [9.17, 15) is 19.2 Å². The first kappa shape index (κ1) is 22.6. The molecule has 2 saturated heterocycles. The van der Waals surface area contributed by atoms with Gasteiger partial charge in [0, 0.05) is 13.6 Å². The third kappa shape index (κ3) is 4.35. The van der Waals surface area contributed by atoms with Crippen molar-refractivity contribution in [1.82, 2.24) is 20.4 Å². The van der Waals surface area contributed by atoms with E-state index in [2.05, 4.69) is 10.6 Å². The number of alkyl carbamates (subject to hydrolysis) is 1. The fraction of sp³-hybridized carbons (Fsp3) is 0.545. The molecule has 31 heavy (non-hydrogen) atoms. The van der Waals surface area contributed by atoms with Crippen molar-refractivity contribution in [3.8, 4) is 0 Å². The first-order chi connectivity index (χ1) is 14.6. The summed E-state index contributed by atoms with van der Waals surface area (Å²) in [6.07, 6.45) is 0.490. The van der Waals surface area contributed by atoms with Gasteiger partial charge in [0.05, 0.1) is 6.04 Å². The molecule has 2 heterocycles. The lowest BCUT2D eigenvalue weighted by Gasteiger charge is -2.57. The van der Waals surface area contributed by atoms with Crippen molar-refractivity contribution in [1.29, 1.82) is 0 Å². The minimum absolute atomic E-state index is 0.0746. The van der Waals surface area contributed by atoms with E-state index in [1.54, 1.807) is 25.7 Å². The number of benzene rings is 1. The van der Waals surface area contributed by atoms with Crippen molar-refractivity contribution in [2.24, 2.45) is 0 Å². The maximum absolute atomic E-state index is 13.3. The summed E-state index contributed by atoms with van der Waals surface area (Å²) < 4.78 is 5.19. The smallest absolute Gasteiger partial charge is 0.408 e. The Balaban J connectivity index is 1.82. The van der Waals surface area contributed by atoms with Gasteiger partial charge in [0.2, 0.25) is 11.8 Å². The van der Waals surface area contributed by atoms with Crippen molar-refractivity contribution >= 4 is 23.8 Å². The van der Waals surface area contributed by atoms with Gasteiger partial charge in [0.25, 0.3) is 5.91 Å². The molecule has 0 radical (unpaired) electrons. The second-order valence-electron chi connectivity index (χ2n) is 8.85. The van der Waals surface area contributed by atoms with Gasteiger partial charge in [-0.05, 0) is 39.2 Å². The van der Waals surface area contributed by atoms with Gasteiger partial charge in [0.15, 0.2) is 0 Å². The number of hydrogen-bond acceptors (Lipinski definition) is 5. The highest BCUT2D eigenvalue weighted by molar-refractivity contribution is 6.01. The second-order valence-corrected chi connectivity index (χ2v) is 8.85. The molecule has 9 heteroatoms. The molecule has 0 aromatic heterocycles. The van der Waals surface area contributed by atoms with Crippen LogP contribution in [-0.2, 0) is 19.1 Å². The summed E-state index contributed by atoms with van der Waals surface area (Å²) in [6, 6.07) is 8.99. The summed E-state index contributed by atoms with van der Waals surface area (Å²) in [5, 5.41) is 5.03. The van der Waals surface area contributed by atoms with E-state index < -0.39 is 23.3 Å². The standard InChI is InChI=1S/C22H30N4O5/c1-21(2,3)31-20(30)24-13-17(28)26-12-8-11-22(26)18(15-9-6-5-7-10-15)25(19(22)29)14-16(27)23-4/h5-7,9-10,18H,8,11-14H2,1-4H3,(H,23,27)(H,24,30)/t18-,22+/m1/s1. The van der Waals surface area contributed by atoms with Crippen LogP contribution in [0.1, 0.15) is 45.2 Å². The molecule has 9 nitrogen and oxygen atoms in total. The fourth-order valence-corrected chi connectivity index (χ4v) is 4.41. The summed E-state index contributed by atoms with van der Waals surface area (Å²) in [5.41, 5.74) is -0.849. The summed E-state index contributed by atoms with van der Waals surface area (Å²) in [7, 11) is 1.52. The van der Waals surface area contributed by atoms with Crippen LogP contribution in [0.3, 0.4) is 0 Å². The molecule has 1 spiro atoms. The predicted octanol–water partition coefficient (Wildman–Crippen LogP) is 1.20. The van der Waals surface area contributed by atoms with Crippen molar-refractivity contribution in [3.05, 3.63) is 35.9 Å². The number of nitrogens with zero attached hydrogens (tertiary/aromatic N) is 2. The van der Waals surface area contributed by atoms with Gasteiger partial charge in [-0.25, -0.2) is 4.79 Å². The van der Waals surface area contributed by atoms with E-state index in [4.69, 9.17) is 4.74 Å². The number of amides is 4. The Morgan fingerprint density at radius 1 is 1.19 bits per heavy atom. The van der Waals surface area contributed by atoms with Crippen molar-refractivity contribution in [2.75, 3.05) is 26.7 Å². The summed E-state index contributed by atoms with van der Waals surface area (Å²) in [5.74, 6) is -0.864. The van der Waals surface area contributed by atoms with Crippen LogP contribution in [0.5, 0.6) is 0 Å². The Labute approximate surface area is 182 Å². The molecule has 0 bridgehead atoms. The van der Waals surface area contributed by atoms with Crippen LogP contribution in [0.4, 0.5) is 4.79 Å². The van der Waals surface area contributed by atoms with Crippen LogP contribution in [-0.4, -0.2) is 71.4 Å². The molecule has 2 N–H and O–H groups in total. The van der Waals surface area contributed by atoms with Gasteiger partial charge >= 0.3 is 6.09 Å². The third-order valence-corrected chi connectivity index (χ3v) is 5.61. The van der Waals surface area contributed by atoms with Crippen LogP contribution in [0.15, 0.2) is 30.3 Å². The van der Waals surface area contributed by atoms with E-state index in [1.807, 2.05) is 30.3 Å². The Morgan fingerprint density at radius 2 is 1.87 bits per heavy atom. The summed E-state index contributed by atoms with van der Waals surface area (Å²) >= 11 is 0. The van der Waals surface area contributed by atoms with Crippen LogP contribution in [0.25, 0.3) is 0 Å². The van der Waals surface area contributed by atoms with Gasteiger partial charge in [-0.3, -0.25) is 14.4 Å². The van der Waals surface area contributed by atoms with Gasteiger partial charge < -0.3 is 25.2 Å². The molecule has 0 aliphatic carbocycles. The second kappa shape index (κ2) is 8.56. The molecule has 4 amide bonds. The van der Waals surface area contributed by atoms with Crippen LogP contribution in [0.2, 0.25) is 0 Å². The minimum Gasteiger partial charge on any atom is -0.444 e. The number of ether oxygens (including phenoxy) is 1. The molecule has 2 atom stereocenters. The Morgan fingerprint density at radius 3 is 2.48 bits per heavy atom. The van der Waals surface area contributed by atoms with E-state index in [0.29, 0.717) is 19.4 Å². The number of likely N-dealkylation sites (N-methyl/N-ethyl adjacent to an activating group) is 1. The molecule has 1 aromatic carbocycles. The highest BCUT2D eigenvalue weighted by atomic mass is 16.6. The monoisotopic (exact) mass is 430 g/mol. The lowest BCUT2D eigenvalue weighted by atomic mass is 9.73. The Bertz CT molecular complexity index is 866. The van der Waals surface area contributed by atoms with Gasteiger partial charge in [-0.15, -0.1) is 0 Å². The van der Waals surface area contributed by atoms with E-state index in [0.717, 1.165) is 5.56 Å². The van der Waals surface area contributed by atoms with Crippen molar-refractivity contribution in [2.45, 2.75) is 50.8 Å². The fourth-order valence-electron chi connectivity index (χ4n) is 4.41. The highest BCUT2D eigenvalue weighted by Gasteiger charge is 2.67. The third-order valence-electron chi connectivity index (χ3n) is 5.61. The lowest BCUT2D eigenvalue weighted by Crippen LogP contribution is -2.75. The molecule has 1 aromatic rings. The number of nitrogens with one attached hydrogen (secondary N) is 2. The molecule has 2 aliphatic rings. The van der Waals surface area contributed by atoms with Crippen LogP contribution < -0.4 is 10.6 Å². The zero-order chi connectivity index (χ0) is 22.8. The van der Waals surface area contributed by atoms with Crippen molar-refractivity contribution in [3.63, 3.8) is 0 Å². The van der Waals surface area contributed by atoms with E-state index >= 15 is 0 Å². The number of carbonyl (C=O) groups excluding carboxylic acids is 4. The van der Waals surface area contributed by atoms with Crippen molar-refractivity contribution < 1.29 is 23.9 Å². The quantitative estimate of drug-likeness (QED) is 0.683. The van der Waals surface area contributed by atoms with E-state index in [1.165, 1.54) is 11.9 Å². The SMILES string of the molecule is CNC(=O)CN1C(=O)[C@]2(CCCN2C(=O)CNC(=O)OC(C)(C)C)[C@H]1c1ccccc1. The zero-order valence-corrected chi connectivity index (χ0v) is 18.4. The normalized spacial score (nSPS) is 22.8. The highest BCUT2D eigenvalue weighted by Crippen LogP contribution is 2.52. The molecular formula is C22H30N4O5.